The van der Waals surface area contributed by atoms with E-state index in [-0.39, 0.29) is 24.3 Å². The molecule has 0 unspecified atom stereocenters. The molecule has 0 aliphatic carbocycles. The quantitative estimate of drug-likeness (QED) is 0.406. The van der Waals surface area contributed by atoms with E-state index < -0.39 is 0 Å². The molecule has 4 heteroatoms. The third-order valence-electron chi connectivity index (χ3n) is 3.32. The third kappa shape index (κ3) is 2.82. The molecule has 4 nitrogen and oxygen atoms in total. The smallest absolute Gasteiger partial charge is 0.306 e. The van der Waals surface area contributed by atoms with Crippen LogP contribution < -0.4 is 0 Å². The van der Waals surface area contributed by atoms with E-state index in [0.717, 1.165) is 38.4 Å². The summed E-state index contributed by atoms with van der Waals surface area (Å²) in [5, 5.41) is 0. The highest BCUT2D eigenvalue weighted by molar-refractivity contribution is 5.71. The average molecular weight is 226 g/mol. The van der Waals surface area contributed by atoms with Gasteiger partial charge < -0.3 is 14.3 Å². The first-order valence-corrected chi connectivity index (χ1v) is 6.08. The van der Waals surface area contributed by atoms with Crippen LogP contribution >= 0.6 is 0 Å². The highest BCUT2D eigenvalue weighted by Crippen LogP contribution is 2.30. The minimum atomic E-state index is -0.0991. The molecule has 0 amide bonds. The summed E-state index contributed by atoms with van der Waals surface area (Å²) in [6, 6.07) is 0. The van der Waals surface area contributed by atoms with E-state index >= 15 is 0 Å². The van der Waals surface area contributed by atoms with Crippen LogP contribution in [0.5, 0.6) is 0 Å². The van der Waals surface area contributed by atoms with Crippen molar-refractivity contribution in [1.29, 1.82) is 0 Å². The third-order valence-corrected chi connectivity index (χ3v) is 3.32. The summed E-state index contributed by atoms with van der Waals surface area (Å²) in [5.41, 5.74) is 0. The van der Waals surface area contributed by atoms with Gasteiger partial charge in [-0.15, -0.1) is 0 Å². The summed E-state index contributed by atoms with van der Waals surface area (Å²) in [4.78, 5) is 21.2. The molecule has 2 rings (SSSR count). The van der Waals surface area contributed by atoms with Crippen molar-refractivity contribution in [3.05, 3.63) is 0 Å². The molecule has 90 valence electrons. The SMILES string of the molecule is O=CCCC[C@H]1CC[C@H]([C@H]2CCC(=O)O2)O1. The lowest BCUT2D eigenvalue weighted by atomic mass is 10.1. The number of aldehydes is 1. The Morgan fingerprint density at radius 1 is 1.25 bits per heavy atom. The second kappa shape index (κ2) is 5.43. The Bertz CT molecular complexity index is 264. The van der Waals surface area contributed by atoms with Crippen LogP contribution in [0.4, 0.5) is 0 Å². The minimum absolute atomic E-state index is 0.0245. The van der Waals surface area contributed by atoms with Crippen LogP contribution in [-0.2, 0) is 19.1 Å². The molecule has 0 aromatic carbocycles. The van der Waals surface area contributed by atoms with E-state index in [1.165, 1.54) is 0 Å². The number of cyclic esters (lactones) is 1. The van der Waals surface area contributed by atoms with Gasteiger partial charge in [-0.3, -0.25) is 4.79 Å². The van der Waals surface area contributed by atoms with Gasteiger partial charge >= 0.3 is 5.97 Å². The van der Waals surface area contributed by atoms with Gasteiger partial charge in [-0.25, -0.2) is 0 Å². The monoisotopic (exact) mass is 226 g/mol. The summed E-state index contributed by atoms with van der Waals surface area (Å²) in [6.45, 7) is 0. The summed E-state index contributed by atoms with van der Waals surface area (Å²) in [5.74, 6) is -0.0991. The number of carbonyl (C=O) groups excluding carboxylic acids is 2. The molecule has 16 heavy (non-hydrogen) atoms. The molecule has 0 aromatic heterocycles. The number of carbonyl (C=O) groups is 2. The number of unbranched alkanes of at least 4 members (excludes halogenated alkanes) is 1. The number of ether oxygens (including phenoxy) is 2. The Kier molecular flexibility index (Phi) is 3.93. The highest BCUT2D eigenvalue weighted by atomic mass is 16.6. The molecule has 0 aromatic rings. The van der Waals surface area contributed by atoms with Crippen molar-refractivity contribution in [1.82, 2.24) is 0 Å². The molecule has 0 saturated carbocycles. The fourth-order valence-corrected chi connectivity index (χ4v) is 2.46. The zero-order valence-corrected chi connectivity index (χ0v) is 9.39. The van der Waals surface area contributed by atoms with Gasteiger partial charge in [0.15, 0.2) is 0 Å². The highest BCUT2D eigenvalue weighted by Gasteiger charge is 2.36. The van der Waals surface area contributed by atoms with Crippen molar-refractivity contribution in [2.75, 3.05) is 0 Å². The van der Waals surface area contributed by atoms with Crippen molar-refractivity contribution in [3.8, 4) is 0 Å². The second-order valence-electron chi connectivity index (χ2n) is 4.54. The maximum absolute atomic E-state index is 11.0. The normalized spacial score (nSPS) is 34.0. The van der Waals surface area contributed by atoms with Crippen molar-refractivity contribution in [2.24, 2.45) is 0 Å². The van der Waals surface area contributed by atoms with Crippen LogP contribution in [-0.4, -0.2) is 30.6 Å². The maximum atomic E-state index is 11.0. The fourth-order valence-electron chi connectivity index (χ4n) is 2.46. The summed E-state index contributed by atoms with van der Waals surface area (Å²) < 4.78 is 11.0. The van der Waals surface area contributed by atoms with E-state index in [1.807, 2.05) is 0 Å². The predicted octanol–water partition coefficient (Wildman–Crippen LogP) is 1.61. The number of esters is 1. The van der Waals surface area contributed by atoms with E-state index in [1.54, 1.807) is 0 Å². The molecule has 3 atom stereocenters. The van der Waals surface area contributed by atoms with Crippen LogP contribution in [0, 0.1) is 0 Å². The van der Waals surface area contributed by atoms with Gasteiger partial charge in [0, 0.05) is 12.8 Å². The topological polar surface area (TPSA) is 52.6 Å². The van der Waals surface area contributed by atoms with Gasteiger partial charge in [0.25, 0.3) is 0 Å². The fraction of sp³-hybridized carbons (Fsp3) is 0.833. The first-order valence-electron chi connectivity index (χ1n) is 6.08. The molecule has 2 saturated heterocycles. The molecule has 0 radical (unpaired) electrons. The van der Waals surface area contributed by atoms with Crippen molar-refractivity contribution in [3.63, 3.8) is 0 Å². The minimum Gasteiger partial charge on any atom is -0.460 e. The van der Waals surface area contributed by atoms with E-state index in [2.05, 4.69) is 0 Å². The Morgan fingerprint density at radius 2 is 2.12 bits per heavy atom. The molecule has 0 bridgehead atoms. The van der Waals surface area contributed by atoms with E-state index in [9.17, 15) is 9.59 Å². The first kappa shape index (κ1) is 11.6. The molecule has 2 aliphatic rings. The average Bonchev–Trinajstić information content (AvgIpc) is 2.87. The zero-order valence-electron chi connectivity index (χ0n) is 9.39. The second-order valence-corrected chi connectivity index (χ2v) is 4.54. The van der Waals surface area contributed by atoms with Crippen molar-refractivity contribution >= 4 is 12.3 Å². The van der Waals surface area contributed by atoms with Gasteiger partial charge in [-0.2, -0.15) is 0 Å². The van der Waals surface area contributed by atoms with Gasteiger partial charge in [-0.1, -0.05) is 0 Å². The van der Waals surface area contributed by atoms with Gasteiger partial charge in [0.05, 0.1) is 12.2 Å². The van der Waals surface area contributed by atoms with Gasteiger partial charge in [-0.05, 0) is 32.1 Å². The lowest BCUT2D eigenvalue weighted by Crippen LogP contribution is -2.26. The summed E-state index contributed by atoms with van der Waals surface area (Å²) in [7, 11) is 0. The van der Waals surface area contributed by atoms with Crippen LogP contribution in [0.3, 0.4) is 0 Å². The maximum Gasteiger partial charge on any atom is 0.306 e. The van der Waals surface area contributed by atoms with Crippen molar-refractivity contribution < 1.29 is 19.1 Å². The molecular weight excluding hydrogens is 208 g/mol. The molecular formula is C12H18O4. The standard InChI is InChI=1S/C12H18O4/c13-8-2-1-3-9-4-5-10(15-9)11-6-7-12(14)16-11/h8-11H,1-7H2/t9-,10+,11+/m0/s1. The molecule has 0 spiro atoms. The van der Waals surface area contributed by atoms with Crippen molar-refractivity contribution in [2.45, 2.75) is 63.3 Å². The number of rotatable bonds is 5. The van der Waals surface area contributed by atoms with Gasteiger partial charge in [0.2, 0.25) is 0 Å². The Labute approximate surface area is 95.3 Å². The van der Waals surface area contributed by atoms with Gasteiger partial charge in [0.1, 0.15) is 12.4 Å². The van der Waals surface area contributed by atoms with Crippen LogP contribution in [0.15, 0.2) is 0 Å². The lowest BCUT2D eigenvalue weighted by Gasteiger charge is -2.18. The Morgan fingerprint density at radius 3 is 2.81 bits per heavy atom. The number of hydrogen-bond acceptors (Lipinski definition) is 4. The van der Waals surface area contributed by atoms with E-state index in [0.29, 0.717) is 12.8 Å². The first-order chi connectivity index (χ1) is 7.79. The predicted molar refractivity (Wildman–Crippen MR) is 56.9 cm³/mol. The lowest BCUT2D eigenvalue weighted by molar-refractivity contribution is -0.146. The molecule has 0 N–H and O–H groups in total. The summed E-state index contributed by atoms with van der Waals surface area (Å²) in [6.07, 6.45) is 7.04. The summed E-state index contributed by atoms with van der Waals surface area (Å²) >= 11 is 0. The Hall–Kier alpha value is -0.900. The van der Waals surface area contributed by atoms with Crippen LogP contribution in [0.2, 0.25) is 0 Å². The number of hydrogen-bond donors (Lipinski definition) is 0. The van der Waals surface area contributed by atoms with E-state index in [4.69, 9.17) is 9.47 Å². The zero-order chi connectivity index (χ0) is 11.4. The van der Waals surface area contributed by atoms with Crippen LogP contribution in [0.25, 0.3) is 0 Å². The molecule has 2 aliphatic heterocycles. The molecule has 2 heterocycles. The molecule has 2 fully saturated rings. The largest absolute Gasteiger partial charge is 0.460 e. The Balaban J connectivity index is 1.71. The van der Waals surface area contributed by atoms with Crippen LogP contribution in [0.1, 0.15) is 44.9 Å².